The molecular weight excluding hydrogens is 461 g/mol. The second-order valence-corrected chi connectivity index (χ2v) is 8.41. The van der Waals surface area contributed by atoms with Gasteiger partial charge >= 0.3 is 11.9 Å². The molecule has 4 rings (SSSR count). The highest BCUT2D eigenvalue weighted by molar-refractivity contribution is 5.82. The van der Waals surface area contributed by atoms with Crippen molar-refractivity contribution in [2.75, 3.05) is 0 Å². The predicted molar refractivity (Wildman–Crippen MR) is 123 cm³/mol. The summed E-state index contributed by atoms with van der Waals surface area (Å²) in [5, 5.41) is 28.9. The zero-order valence-electron chi connectivity index (χ0n) is 18.6. The molecule has 10 nitrogen and oxygen atoms in total. The second kappa shape index (κ2) is 10.2. The van der Waals surface area contributed by atoms with Gasteiger partial charge < -0.3 is 30.0 Å². The van der Waals surface area contributed by atoms with Crippen molar-refractivity contribution >= 4 is 34.9 Å². The zero-order chi connectivity index (χ0) is 25.1. The third kappa shape index (κ3) is 5.81. The predicted octanol–water partition coefficient (Wildman–Crippen LogP) is 0.842. The molecule has 2 atom stereocenters. The lowest BCUT2D eigenvalue weighted by Crippen LogP contribution is -2.37. The van der Waals surface area contributed by atoms with E-state index in [0.29, 0.717) is 28.0 Å². The molecule has 0 fully saturated rings. The average Bonchev–Trinajstić information content (AvgIpc) is 3.20. The summed E-state index contributed by atoms with van der Waals surface area (Å²) < 4.78 is 19.5. The molecule has 3 aromatic rings. The molecule has 1 aliphatic carbocycles. The van der Waals surface area contributed by atoms with Crippen molar-refractivity contribution < 1.29 is 34.0 Å². The number of hydrogen-bond donors (Lipinski definition) is 5. The number of imidazole rings is 1. The van der Waals surface area contributed by atoms with E-state index in [2.05, 4.69) is 15.0 Å². The van der Waals surface area contributed by atoms with Crippen LogP contribution in [0.1, 0.15) is 38.5 Å². The van der Waals surface area contributed by atoms with Gasteiger partial charge in [-0.3, -0.25) is 14.4 Å². The molecule has 0 spiro atoms. The van der Waals surface area contributed by atoms with Gasteiger partial charge in [-0.25, -0.2) is 9.37 Å². The third-order valence-corrected chi connectivity index (χ3v) is 5.65. The summed E-state index contributed by atoms with van der Waals surface area (Å²) in [4.78, 5) is 45.3. The van der Waals surface area contributed by atoms with E-state index in [1.54, 1.807) is 12.1 Å². The molecule has 35 heavy (non-hydrogen) atoms. The Balaban J connectivity index is 1.45. The van der Waals surface area contributed by atoms with Gasteiger partial charge in [-0.05, 0) is 37.5 Å². The molecule has 0 aliphatic heterocycles. The number of carboxylic acids is 1. The lowest BCUT2D eigenvalue weighted by Gasteiger charge is -2.13. The SMILES string of the molecule is O=C(O)CC(O)CC(O)CCC(=O)Oc1ccc2nc(-c3cc4c([nH]c3=O)=CCCC=4F)[nH]c2c1. The number of nitrogens with one attached hydrogen (secondary N) is 2. The van der Waals surface area contributed by atoms with Crippen LogP contribution < -0.4 is 20.9 Å². The molecule has 1 aromatic carbocycles. The molecule has 0 bridgehead atoms. The van der Waals surface area contributed by atoms with E-state index in [4.69, 9.17) is 9.84 Å². The number of aromatic nitrogens is 3. The summed E-state index contributed by atoms with van der Waals surface area (Å²) in [6, 6.07) is 6.12. The number of ether oxygens (including phenoxy) is 1. The van der Waals surface area contributed by atoms with Gasteiger partial charge in [0, 0.05) is 29.5 Å². The smallest absolute Gasteiger partial charge is 0.311 e. The summed E-state index contributed by atoms with van der Waals surface area (Å²) in [5.41, 5.74) is 0.779. The molecule has 2 unspecified atom stereocenters. The minimum atomic E-state index is -1.20. The van der Waals surface area contributed by atoms with Crippen LogP contribution in [0.2, 0.25) is 0 Å². The molecular formula is C24H24FN3O7. The Kier molecular flexibility index (Phi) is 7.08. The normalized spacial score (nSPS) is 14.8. The Morgan fingerprint density at radius 1 is 1.17 bits per heavy atom. The van der Waals surface area contributed by atoms with Crippen LogP contribution in [0.25, 0.3) is 34.3 Å². The van der Waals surface area contributed by atoms with Gasteiger partial charge in [-0.15, -0.1) is 0 Å². The number of rotatable bonds is 9. The van der Waals surface area contributed by atoms with Crippen molar-refractivity contribution in [3.8, 4) is 17.1 Å². The van der Waals surface area contributed by atoms with E-state index in [-0.39, 0.29) is 48.6 Å². The number of fused-ring (bicyclic) bond motifs is 2. The van der Waals surface area contributed by atoms with E-state index >= 15 is 0 Å². The Bertz CT molecular complexity index is 1460. The lowest BCUT2D eigenvalue weighted by atomic mass is 10.1. The number of pyridine rings is 1. The van der Waals surface area contributed by atoms with Crippen molar-refractivity contribution in [3.63, 3.8) is 0 Å². The van der Waals surface area contributed by atoms with Crippen LogP contribution in [0.5, 0.6) is 5.75 Å². The fourth-order valence-corrected chi connectivity index (χ4v) is 3.95. The minimum absolute atomic E-state index is 0.00191. The quantitative estimate of drug-likeness (QED) is 0.220. The van der Waals surface area contributed by atoms with E-state index in [1.165, 1.54) is 18.2 Å². The number of hydrogen-bond acceptors (Lipinski definition) is 7. The van der Waals surface area contributed by atoms with E-state index in [1.807, 2.05) is 0 Å². The molecule has 0 saturated carbocycles. The molecule has 5 N–H and O–H groups in total. The van der Waals surface area contributed by atoms with Crippen LogP contribution >= 0.6 is 0 Å². The zero-order valence-corrected chi connectivity index (χ0v) is 18.6. The molecule has 2 heterocycles. The third-order valence-electron chi connectivity index (χ3n) is 5.65. The number of H-pyrrole nitrogens is 2. The van der Waals surface area contributed by atoms with Crippen LogP contribution in [-0.4, -0.2) is 54.4 Å². The number of benzene rings is 1. The summed E-state index contributed by atoms with van der Waals surface area (Å²) in [7, 11) is 0. The summed E-state index contributed by atoms with van der Waals surface area (Å²) in [6.45, 7) is 0. The van der Waals surface area contributed by atoms with Gasteiger partial charge in [0.1, 0.15) is 17.4 Å². The first-order chi connectivity index (χ1) is 16.7. The highest BCUT2D eigenvalue weighted by atomic mass is 19.1. The molecule has 0 amide bonds. The van der Waals surface area contributed by atoms with Gasteiger partial charge in [0.15, 0.2) is 0 Å². The summed E-state index contributed by atoms with van der Waals surface area (Å²) in [5.74, 6) is -1.64. The number of carbonyl (C=O) groups is 2. The molecule has 11 heteroatoms. The number of esters is 1. The second-order valence-electron chi connectivity index (χ2n) is 8.41. The Hall–Kier alpha value is -3.83. The molecule has 0 radical (unpaired) electrons. The minimum Gasteiger partial charge on any atom is -0.481 e. The highest BCUT2D eigenvalue weighted by Gasteiger charge is 2.18. The van der Waals surface area contributed by atoms with Crippen molar-refractivity contribution in [1.29, 1.82) is 0 Å². The van der Waals surface area contributed by atoms with Crippen LogP contribution in [0.4, 0.5) is 4.39 Å². The van der Waals surface area contributed by atoms with E-state index in [9.17, 15) is 29.0 Å². The van der Waals surface area contributed by atoms with Gasteiger partial charge in [0.2, 0.25) is 0 Å². The monoisotopic (exact) mass is 485 g/mol. The number of carbonyl (C=O) groups excluding carboxylic acids is 1. The molecule has 0 saturated heterocycles. The number of aromatic amines is 2. The van der Waals surface area contributed by atoms with Gasteiger partial charge in [0.05, 0.1) is 35.2 Å². The number of carboxylic acid groups (broad SMARTS) is 1. The topological polar surface area (TPSA) is 166 Å². The molecule has 184 valence electrons. The first-order valence-corrected chi connectivity index (χ1v) is 11.1. The van der Waals surface area contributed by atoms with Crippen molar-refractivity contribution in [2.45, 2.75) is 50.7 Å². The summed E-state index contributed by atoms with van der Waals surface area (Å²) in [6.07, 6.45) is -0.483. The number of halogens is 1. The fraction of sp³-hybridized carbons (Fsp3) is 0.333. The number of aliphatic hydroxyl groups is 2. The first-order valence-electron chi connectivity index (χ1n) is 11.1. The van der Waals surface area contributed by atoms with Crippen LogP contribution in [-0.2, 0) is 9.59 Å². The largest absolute Gasteiger partial charge is 0.481 e. The van der Waals surface area contributed by atoms with Crippen LogP contribution in [0.15, 0.2) is 29.1 Å². The van der Waals surface area contributed by atoms with Gasteiger partial charge in [-0.1, -0.05) is 6.08 Å². The molecule has 2 aromatic heterocycles. The number of aliphatic hydroxyl groups excluding tert-OH is 2. The maximum absolute atomic E-state index is 14.3. The Morgan fingerprint density at radius 3 is 2.74 bits per heavy atom. The van der Waals surface area contributed by atoms with Gasteiger partial charge in [-0.2, -0.15) is 0 Å². The van der Waals surface area contributed by atoms with Crippen molar-refractivity contribution in [1.82, 2.24) is 15.0 Å². The first kappa shape index (κ1) is 24.3. The van der Waals surface area contributed by atoms with Crippen molar-refractivity contribution in [3.05, 3.63) is 45.2 Å². The number of aliphatic carboxylic acids is 1. The highest BCUT2D eigenvalue weighted by Crippen LogP contribution is 2.23. The Labute approximate surface area is 197 Å². The van der Waals surface area contributed by atoms with Gasteiger partial charge in [0.25, 0.3) is 5.56 Å². The lowest BCUT2D eigenvalue weighted by molar-refractivity contribution is -0.140. The maximum Gasteiger partial charge on any atom is 0.311 e. The maximum atomic E-state index is 14.3. The standard InChI is InChI=1S/C24H24FN3O7/c25-17-2-1-3-18-15(17)11-16(24(34)28-18)23-26-19-6-5-14(10-20(19)27-23)35-22(33)7-4-12(29)8-13(30)9-21(31)32/h3,5-6,10-13,29-30H,1-2,4,7-9H2,(H,26,27)(H,28,34)(H,31,32). The fourth-order valence-electron chi connectivity index (χ4n) is 3.95. The average molecular weight is 485 g/mol. The molecule has 1 aliphatic rings. The Morgan fingerprint density at radius 2 is 1.97 bits per heavy atom. The van der Waals surface area contributed by atoms with Crippen molar-refractivity contribution in [2.24, 2.45) is 0 Å². The van der Waals surface area contributed by atoms with E-state index in [0.717, 1.165) is 0 Å². The summed E-state index contributed by atoms with van der Waals surface area (Å²) >= 11 is 0. The van der Waals surface area contributed by atoms with Crippen LogP contribution in [0, 0.1) is 0 Å². The van der Waals surface area contributed by atoms with Crippen LogP contribution in [0.3, 0.4) is 0 Å². The number of nitrogens with zero attached hydrogens (tertiary/aromatic N) is 1. The van der Waals surface area contributed by atoms with E-state index < -0.39 is 36.1 Å².